The molecule has 0 aliphatic carbocycles. The Morgan fingerprint density at radius 2 is 1.13 bits per heavy atom. The maximum Gasteiger partial charge on any atom is 0.406 e. The van der Waals surface area contributed by atoms with Gasteiger partial charge in [0.25, 0.3) is 0 Å². The molecule has 0 fully saturated rings. The Labute approximate surface area is 134 Å². The van der Waals surface area contributed by atoms with Gasteiger partial charge in [-0.3, -0.25) is 0 Å². The lowest BCUT2D eigenvalue weighted by Gasteiger charge is -2.28. The quantitative estimate of drug-likeness (QED) is 0.779. The molecule has 2 aliphatic heterocycles. The van der Waals surface area contributed by atoms with E-state index in [1.165, 1.54) is 0 Å². The van der Waals surface area contributed by atoms with Crippen LogP contribution in [0.2, 0.25) is 0 Å². The predicted octanol–water partition coefficient (Wildman–Crippen LogP) is 0.993. The number of hydrogen-bond donors (Lipinski definition) is 0. The molecule has 0 radical (unpaired) electrons. The topological polar surface area (TPSA) is 55.4 Å². The van der Waals surface area contributed by atoms with Crippen LogP contribution in [-0.4, -0.2) is 36.4 Å². The molecule has 0 amide bonds. The van der Waals surface area contributed by atoms with Crippen molar-refractivity contribution in [2.45, 2.75) is 0 Å². The van der Waals surface area contributed by atoms with Gasteiger partial charge in [0, 0.05) is 24.6 Å². The van der Waals surface area contributed by atoms with E-state index in [1.54, 1.807) is 14.2 Å². The average molecular weight is 332 g/mol. The minimum Gasteiger partial charge on any atom is -0.454 e. The molecule has 0 unspecified atom stereocenters. The summed E-state index contributed by atoms with van der Waals surface area (Å²) in [5.74, 6) is 2.87. The van der Waals surface area contributed by atoms with Gasteiger partial charge in [-0.05, 0) is 24.3 Å². The first kappa shape index (κ1) is 14.4. The summed E-state index contributed by atoms with van der Waals surface area (Å²) >= 11 is 0. The molecule has 0 spiro atoms. The van der Waals surface area contributed by atoms with Crippen molar-refractivity contribution < 1.29 is 27.8 Å². The van der Waals surface area contributed by atoms with Gasteiger partial charge in [-0.15, -0.1) is 0 Å². The summed E-state index contributed by atoms with van der Waals surface area (Å²) in [4.78, 5) is 0. The van der Waals surface area contributed by atoms with E-state index >= 15 is 0 Å². The molecule has 2 aromatic carbocycles. The van der Waals surface area contributed by atoms with Crippen LogP contribution in [-0.2, 0) is 8.85 Å². The van der Waals surface area contributed by atoms with Gasteiger partial charge in [-0.25, -0.2) is 0 Å². The van der Waals surface area contributed by atoms with Crippen molar-refractivity contribution in [2.75, 3.05) is 27.8 Å². The van der Waals surface area contributed by atoms with E-state index in [0.29, 0.717) is 11.5 Å². The van der Waals surface area contributed by atoms with E-state index in [1.807, 2.05) is 36.4 Å². The number of hydrogen-bond acceptors (Lipinski definition) is 6. The molecular weight excluding hydrogens is 316 g/mol. The zero-order valence-corrected chi connectivity index (χ0v) is 13.8. The maximum atomic E-state index is 5.90. The highest BCUT2D eigenvalue weighted by atomic mass is 28.4. The molecule has 6 nitrogen and oxygen atoms in total. The second kappa shape index (κ2) is 5.45. The highest BCUT2D eigenvalue weighted by Crippen LogP contribution is 2.33. The minimum absolute atomic E-state index is 0.233. The van der Waals surface area contributed by atoms with Crippen LogP contribution < -0.4 is 29.3 Å². The van der Waals surface area contributed by atoms with Crippen LogP contribution in [0.25, 0.3) is 0 Å². The lowest BCUT2D eigenvalue weighted by molar-refractivity contribution is 0.173. The monoisotopic (exact) mass is 332 g/mol. The van der Waals surface area contributed by atoms with Gasteiger partial charge in [-0.2, -0.15) is 0 Å². The molecule has 0 N–H and O–H groups in total. The van der Waals surface area contributed by atoms with Gasteiger partial charge in [-0.1, -0.05) is 12.1 Å². The molecule has 120 valence electrons. The Morgan fingerprint density at radius 3 is 1.57 bits per heavy atom. The van der Waals surface area contributed by atoms with Crippen molar-refractivity contribution >= 4 is 18.9 Å². The van der Waals surface area contributed by atoms with Gasteiger partial charge in [0.1, 0.15) is 0 Å². The van der Waals surface area contributed by atoms with E-state index in [2.05, 4.69) is 0 Å². The molecule has 4 rings (SSSR count). The molecule has 0 bridgehead atoms. The summed E-state index contributed by atoms with van der Waals surface area (Å²) in [6, 6.07) is 11.5. The van der Waals surface area contributed by atoms with E-state index in [-0.39, 0.29) is 13.6 Å². The zero-order valence-electron chi connectivity index (χ0n) is 12.8. The molecule has 7 heteroatoms. The summed E-state index contributed by atoms with van der Waals surface area (Å²) in [6.07, 6.45) is 0. The van der Waals surface area contributed by atoms with Crippen molar-refractivity contribution in [2.24, 2.45) is 0 Å². The van der Waals surface area contributed by atoms with Gasteiger partial charge < -0.3 is 27.8 Å². The van der Waals surface area contributed by atoms with Crippen molar-refractivity contribution in [3.8, 4) is 23.0 Å². The maximum absolute atomic E-state index is 5.90. The molecule has 0 atom stereocenters. The highest BCUT2D eigenvalue weighted by Gasteiger charge is 2.42. The Balaban J connectivity index is 1.82. The van der Waals surface area contributed by atoms with Crippen molar-refractivity contribution in [1.82, 2.24) is 0 Å². The van der Waals surface area contributed by atoms with Crippen LogP contribution in [0.4, 0.5) is 0 Å². The van der Waals surface area contributed by atoms with Crippen LogP contribution in [0.15, 0.2) is 36.4 Å². The average Bonchev–Trinajstić information content (AvgIpc) is 3.24. The largest absolute Gasteiger partial charge is 0.454 e. The van der Waals surface area contributed by atoms with E-state index in [4.69, 9.17) is 27.8 Å². The number of benzene rings is 2. The molecule has 2 aliphatic rings. The molecule has 2 heterocycles. The smallest absolute Gasteiger partial charge is 0.406 e. The molecule has 2 aromatic rings. The van der Waals surface area contributed by atoms with E-state index in [0.717, 1.165) is 21.9 Å². The van der Waals surface area contributed by atoms with Gasteiger partial charge in [0.05, 0.1) is 0 Å². The lowest BCUT2D eigenvalue weighted by atomic mass is 10.3. The van der Waals surface area contributed by atoms with E-state index in [9.17, 15) is 0 Å². The SMILES string of the molecule is CO[Si](OC)(c1ccc2c(c1)OCO2)c1ccc2c(c1)OCO2. The van der Waals surface area contributed by atoms with Gasteiger partial charge in [0.2, 0.25) is 13.6 Å². The molecular formula is C16H16O6Si. The third-order valence-corrected chi connectivity index (χ3v) is 7.37. The second-order valence-corrected chi connectivity index (χ2v) is 8.37. The Kier molecular flexibility index (Phi) is 3.40. The standard InChI is InChI=1S/C16H16O6Si/c1-17-23(18-2,11-3-5-13-15(7-11)21-9-19-13)12-4-6-14-16(8-12)22-10-20-14/h3-8H,9-10H2,1-2H3. The van der Waals surface area contributed by atoms with Crippen LogP contribution in [0, 0.1) is 0 Å². The van der Waals surface area contributed by atoms with Crippen LogP contribution in [0.3, 0.4) is 0 Å². The van der Waals surface area contributed by atoms with Crippen LogP contribution >= 0.6 is 0 Å². The number of rotatable bonds is 4. The van der Waals surface area contributed by atoms with Gasteiger partial charge >= 0.3 is 8.56 Å². The molecule has 23 heavy (non-hydrogen) atoms. The third-order valence-electron chi connectivity index (χ3n) is 4.08. The fourth-order valence-electron chi connectivity index (χ4n) is 2.92. The Hall–Kier alpha value is -2.22. The Morgan fingerprint density at radius 1 is 0.696 bits per heavy atom. The molecule has 0 saturated carbocycles. The second-order valence-electron chi connectivity index (χ2n) is 5.16. The first-order chi connectivity index (χ1) is 11.3. The fourth-order valence-corrected chi connectivity index (χ4v) is 5.61. The zero-order chi connectivity index (χ0) is 15.9. The van der Waals surface area contributed by atoms with Crippen molar-refractivity contribution in [1.29, 1.82) is 0 Å². The molecule has 0 saturated heterocycles. The first-order valence-electron chi connectivity index (χ1n) is 7.17. The van der Waals surface area contributed by atoms with Crippen molar-refractivity contribution in [3.05, 3.63) is 36.4 Å². The summed E-state index contributed by atoms with van der Waals surface area (Å²) in [5, 5.41) is 1.87. The predicted molar refractivity (Wildman–Crippen MR) is 84.2 cm³/mol. The van der Waals surface area contributed by atoms with Crippen LogP contribution in [0.5, 0.6) is 23.0 Å². The van der Waals surface area contributed by atoms with Gasteiger partial charge in [0.15, 0.2) is 23.0 Å². The Bertz CT molecular complexity index is 684. The number of fused-ring (bicyclic) bond motifs is 2. The normalized spacial score (nSPS) is 15.0. The summed E-state index contributed by atoms with van der Waals surface area (Å²) in [7, 11) is 0.463. The summed E-state index contributed by atoms with van der Waals surface area (Å²) in [6.45, 7) is 0.467. The number of ether oxygens (including phenoxy) is 4. The van der Waals surface area contributed by atoms with E-state index < -0.39 is 8.56 Å². The molecule has 0 aromatic heterocycles. The third kappa shape index (κ3) is 2.16. The lowest BCUT2D eigenvalue weighted by Crippen LogP contribution is -2.62. The van der Waals surface area contributed by atoms with Crippen molar-refractivity contribution in [3.63, 3.8) is 0 Å². The summed E-state index contributed by atoms with van der Waals surface area (Å²) in [5.41, 5.74) is 0. The highest BCUT2D eigenvalue weighted by molar-refractivity contribution is 6.92. The fraction of sp³-hybridized carbons (Fsp3) is 0.250. The summed E-state index contributed by atoms with van der Waals surface area (Å²) < 4.78 is 33.5. The van der Waals surface area contributed by atoms with Crippen LogP contribution in [0.1, 0.15) is 0 Å². The first-order valence-corrected chi connectivity index (χ1v) is 8.99. The minimum atomic E-state index is -2.85.